The number of carboxylic acid groups (broad SMARTS) is 1. The molecule has 0 heterocycles. The van der Waals surface area contributed by atoms with Crippen molar-refractivity contribution in [1.82, 2.24) is 0 Å². The molecule has 0 unspecified atom stereocenters. The van der Waals surface area contributed by atoms with E-state index in [4.69, 9.17) is 14.2 Å². The van der Waals surface area contributed by atoms with Gasteiger partial charge in [-0.1, -0.05) is 52.4 Å². The lowest BCUT2D eigenvalue weighted by molar-refractivity contribution is -0.353. The largest absolute Gasteiger partial charge is 0.550 e. The Balaban J connectivity index is 4.30. The Kier molecular flexibility index (Phi) is 15.4. The van der Waals surface area contributed by atoms with E-state index in [2.05, 4.69) is 13.8 Å². The van der Waals surface area contributed by atoms with Gasteiger partial charge in [0.15, 0.2) is 0 Å². The summed E-state index contributed by atoms with van der Waals surface area (Å²) in [6, 6.07) is 0. The summed E-state index contributed by atoms with van der Waals surface area (Å²) in [5.74, 6) is -2.91. The molecule has 154 valence electrons. The van der Waals surface area contributed by atoms with Crippen LogP contribution >= 0.6 is 0 Å². The monoisotopic (exact) mass is 373 g/mol. The molecular weight excluding hydrogens is 336 g/mol. The Bertz CT molecular complexity index is 355. The van der Waals surface area contributed by atoms with Crippen molar-refractivity contribution in [3.8, 4) is 0 Å². The Morgan fingerprint density at radius 1 is 0.769 bits per heavy atom. The molecule has 0 aliphatic rings. The van der Waals surface area contributed by atoms with Gasteiger partial charge in [-0.05, 0) is 32.1 Å². The van der Waals surface area contributed by atoms with E-state index in [0.29, 0.717) is 26.1 Å². The molecule has 0 bridgehead atoms. The molecule has 0 aliphatic heterocycles. The maximum absolute atomic E-state index is 12.0. The number of carbonyl (C=O) groups is 2. The zero-order chi connectivity index (χ0) is 19.7. The summed E-state index contributed by atoms with van der Waals surface area (Å²) in [6.07, 6.45) is 9.44. The van der Waals surface area contributed by atoms with Crippen LogP contribution in [0.4, 0.5) is 0 Å². The maximum atomic E-state index is 12.0. The zero-order valence-corrected chi connectivity index (χ0v) is 16.8. The third kappa shape index (κ3) is 15.1. The van der Waals surface area contributed by atoms with Crippen LogP contribution in [0.2, 0.25) is 0 Å². The number of unbranched alkanes of at least 4 members (excludes halogenated alkanes) is 7. The van der Waals surface area contributed by atoms with E-state index < -0.39 is 17.9 Å². The molecule has 0 aromatic carbocycles. The van der Waals surface area contributed by atoms with E-state index in [-0.39, 0.29) is 12.8 Å². The van der Waals surface area contributed by atoms with E-state index in [9.17, 15) is 14.7 Å². The van der Waals surface area contributed by atoms with Crippen molar-refractivity contribution in [3.63, 3.8) is 0 Å². The fourth-order valence-corrected chi connectivity index (χ4v) is 2.47. The number of carboxylic acids is 1. The average molecular weight is 374 g/mol. The fourth-order valence-electron chi connectivity index (χ4n) is 2.47. The van der Waals surface area contributed by atoms with Crippen molar-refractivity contribution in [2.45, 2.75) is 104 Å². The van der Waals surface area contributed by atoms with Gasteiger partial charge < -0.3 is 24.1 Å². The molecule has 0 atom stereocenters. The Labute approximate surface area is 158 Å². The third-order valence-corrected chi connectivity index (χ3v) is 4.04. The minimum atomic E-state index is -1.37. The van der Waals surface area contributed by atoms with Crippen LogP contribution in [0.5, 0.6) is 0 Å². The predicted molar refractivity (Wildman–Crippen MR) is 98.2 cm³/mol. The number of hydrogen-bond donors (Lipinski definition) is 0. The van der Waals surface area contributed by atoms with Gasteiger partial charge in [-0.15, -0.1) is 0 Å². The zero-order valence-electron chi connectivity index (χ0n) is 16.8. The van der Waals surface area contributed by atoms with Gasteiger partial charge in [-0.2, -0.15) is 0 Å². The topological polar surface area (TPSA) is 84.9 Å². The quantitative estimate of drug-likeness (QED) is 0.207. The van der Waals surface area contributed by atoms with Crippen LogP contribution in [0.15, 0.2) is 0 Å². The second kappa shape index (κ2) is 16.1. The summed E-state index contributed by atoms with van der Waals surface area (Å²) in [4.78, 5) is 22.4. The lowest BCUT2D eigenvalue weighted by atomic mass is 10.2. The first-order chi connectivity index (χ1) is 12.4. The van der Waals surface area contributed by atoms with Crippen molar-refractivity contribution in [3.05, 3.63) is 0 Å². The van der Waals surface area contributed by atoms with E-state index in [1.807, 2.05) is 0 Å². The highest BCUT2D eigenvalue weighted by molar-refractivity contribution is 5.69. The molecule has 0 rings (SSSR count). The second-order valence-electron chi connectivity index (χ2n) is 6.73. The summed E-state index contributed by atoms with van der Waals surface area (Å²) in [7, 11) is 0. The number of ether oxygens (including phenoxy) is 3. The van der Waals surface area contributed by atoms with Gasteiger partial charge in [0.25, 0.3) is 0 Å². The molecule has 6 heteroatoms. The van der Waals surface area contributed by atoms with Crippen LogP contribution in [0.3, 0.4) is 0 Å². The fraction of sp³-hybridized carbons (Fsp3) is 0.900. The molecule has 0 aromatic rings. The normalized spacial score (nSPS) is 11.5. The minimum Gasteiger partial charge on any atom is -0.550 e. The molecular formula is C20H37O6-. The molecule has 0 aromatic heterocycles. The minimum absolute atomic E-state index is 0.0492. The molecule has 0 saturated carbocycles. The van der Waals surface area contributed by atoms with Crippen molar-refractivity contribution >= 4 is 11.9 Å². The molecule has 0 saturated heterocycles. The van der Waals surface area contributed by atoms with Crippen LogP contribution < -0.4 is 5.11 Å². The van der Waals surface area contributed by atoms with Gasteiger partial charge in [0, 0.05) is 19.3 Å². The lowest BCUT2D eigenvalue weighted by Crippen LogP contribution is -2.38. The van der Waals surface area contributed by atoms with Gasteiger partial charge in [0.05, 0.1) is 13.2 Å². The highest BCUT2D eigenvalue weighted by atomic mass is 16.9. The van der Waals surface area contributed by atoms with Gasteiger partial charge in [0.2, 0.25) is 0 Å². The van der Waals surface area contributed by atoms with Gasteiger partial charge in [-0.25, -0.2) is 0 Å². The van der Waals surface area contributed by atoms with E-state index >= 15 is 0 Å². The highest BCUT2D eigenvalue weighted by Crippen LogP contribution is 2.19. The summed E-state index contributed by atoms with van der Waals surface area (Å²) in [5, 5.41) is 10.4. The number of aliphatic carboxylic acids is 1. The van der Waals surface area contributed by atoms with Gasteiger partial charge in [0.1, 0.15) is 0 Å². The summed E-state index contributed by atoms with van der Waals surface area (Å²) >= 11 is 0. The van der Waals surface area contributed by atoms with Crippen LogP contribution in [0.25, 0.3) is 0 Å². The molecule has 6 nitrogen and oxygen atoms in total. The van der Waals surface area contributed by atoms with Crippen LogP contribution in [-0.2, 0) is 23.8 Å². The van der Waals surface area contributed by atoms with Gasteiger partial charge in [-0.3, -0.25) is 4.79 Å². The Morgan fingerprint density at radius 2 is 1.27 bits per heavy atom. The van der Waals surface area contributed by atoms with E-state index in [0.717, 1.165) is 51.4 Å². The van der Waals surface area contributed by atoms with Crippen molar-refractivity contribution in [2.75, 3.05) is 13.2 Å². The molecule has 0 spiro atoms. The standard InChI is InChI=1S/C20H38O6/c1-4-6-8-12-16-24-20(3,25-17-13-9-7-5-2)26-19(23)15-11-10-14-18(21)22/h4-17H2,1-3H3,(H,21,22)/p-1. The number of rotatable bonds is 18. The van der Waals surface area contributed by atoms with E-state index in [1.54, 1.807) is 6.92 Å². The molecule has 0 aliphatic carbocycles. The second-order valence-corrected chi connectivity index (χ2v) is 6.73. The third-order valence-electron chi connectivity index (χ3n) is 4.04. The van der Waals surface area contributed by atoms with Crippen LogP contribution in [-0.4, -0.2) is 31.1 Å². The first-order valence-corrected chi connectivity index (χ1v) is 10.1. The SMILES string of the molecule is CCCCCCOC(C)(OCCCCCC)OC(=O)CCCCC(=O)[O-]. The van der Waals surface area contributed by atoms with Crippen molar-refractivity contribution in [2.24, 2.45) is 0 Å². The summed E-state index contributed by atoms with van der Waals surface area (Å²) in [6.45, 7) is 6.87. The molecule has 0 amide bonds. The van der Waals surface area contributed by atoms with E-state index in [1.165, 1.54) is 0 Å². The molecule has 0 N–H and O–H groups in total. The van der Waals surface area contributed by atoms with Crippen LogP contribution in [0, 0.1) is 0 Å². The lowest BCUT2D eigenvalue weighted by Gasteiger charge is -2.29. The Morgan fingerprint density at radius 3 is 1.73 bits per heavy atom. The summed E-state index contributed by atoms with van der Waals surface area (Å²) in [5.41, 5.74) is 0. The highest BCUT2D eigenvalue weighted by Gasteiger charge is 2.30. The Hall–Kier alpha value is -1.14. The van der Waals surface area contributed by atoms with Crippen LogP contribution in [0.1, 0.15) is 97.8 Å². The van der Waals surface area contributed by atoms with Crippen molar-refractivity contribution < 1.29 is 28.9 Å². The molecule has 0 radical (unpaired) electrons. The smallest absolute Gasteiger partial charge is 0.326 e. The van der Waals surface area contributed by atoms with Crippen molar-refractivity contribution in [1.29, 1.82) is 0 Å². The summed E-state index contributed by atoms with van der Waals surface area (Å²) < 4.78 is 16.9. The first-order valence-electron chi connectivity index (χ1n) is 10.1. The van der Waals surface area contributed by atoms with Gasteiger partial charge >= 0.3 is 11.9 Å². The molecule has 0 fully saturated rings. The molecule has 26 heavy (non-hydrogen) atoms. The first kappa shape index (κ1) is 24.9. The predicted octanol–water partition coefficient (Wildman–Crippen LogP) is 3.71. The number of esters is 1. The average Bonchev–Trinajstić information content (AvgIpc) is 2.58. The number of carbonyl (C=O) groups excluding carboxylic acids is 2. The maximum Gasteiger partial charge on any atom is 0.326 e. The number of hydrogen-bond acceptors (Lipinski definition) is 6.